The fraction of sp³-hybridized carbons (Fsp3) is 0.565. The normalized spacial score (nSPS) is 19.2. The van der Waals surface area contributed by atoms with Gasteiger partial charge >= 0.3 is 0 Å². The van der Waals surface area contributed by atoms with Crippen LogP contribution in [0.5, 0.6) is 0 Å². The number of fused-ring (bicyclic) bond motifs is 1. The Kier molecular flexibility index (Phi) is 6.76. The Morgan fingerprint density at radius 1 is 1.33 bits per heavy atom. The molecule has 30 heavy (non-hydrogen) atoms. The summed E-state index contributed by atoms with van der Waals surface area (Å²) in [5.41, 5.74) is 4.18. The molecule has 1 unspecified atom stereocenters. The van der Waals surface area contributed by atoms with Crippen LogP contribution in [0.1, 0.15) is 47.6 Å². The molecule has 1 amide bonds. The number of nitrogens with one attached hydrogen (secondary N) is 1. The molecule has 2 heterocycles. The molecule has 0 saturated carbocycles. The summed E-state index contributed by atoms with van der Waals surface area (Å²) in [5, 5.41) is 9.23. The number of morpholine rings is 1. The van der Waals surface area contributed by atoms with Crippen LogP contribution in [0.25, 0.3) is 0 Å². The number of halogens is 1. The lowest BCUT2D eigenvalue weighted by molar-refractivity contribution is 0.0297. The van der Waals surface area contributed by atoms with Gasteiger partial charge in [0.15, 0.2) is 5.69 Å². The minimum absolute atomic E-state index is 0.0487. The Morgan fingerprint density at radius 3 is 2.87 bits per heavy atom. The van der Waals surface area contributed by atoms with Gasteiger partial charge in [-0.25, -0.2) is 0 Å². The van der Waals surface area contributed by atoms with Crippen molar-refractivity contribution in [2.75, 3.05) is 26.3 Å². The van der Waals surface area contributed by atoms with Crippen molar-refractivity contribution in [1.82, 2.24) is 20.0 Å². The molecule has 1 aliphatic heterocycles. The number of carbonyl (C=O) groups is 1. The summed E-state index contributed by atoms with van der Waals surface area (Å²) in [6.45, 7) is 8.48. The van der Waals surface area contributed by atoms with Gasteiger partial charge in [0.1, 0.15) is 0 Å². The lowest BCUT2D eigenvalue weighted by atomic mass is 9.90. The van der Waals surface area contributed by atoms with E-state index in [0.29, 0.717) is 44.0 Å². The summed E-state index contributed by atoms with van der Waals surface area (Å²) in [7, 11) is 0. The summed E-state index contributed by atoms with van der Waals surface area (Å²) in [6, 6.07) is 8.28. The van der Waals surface area contributed by atoms with Crippen LogP contribution in [0.4, 0.5) is 0 Å². The molecule has 1 aromatic heterocycles. The maximum atomic E-state index is 13.3. The predicted octanol–water partition coefficient (Wildman–Crippen LogP) is 3.31. The van der Waals surface area contributed by atoms with E-state index in [-0.39, 0.29) is 5.91 Å². The number of rotatable bonds is 6. The van der Waals surface area contributed by atoms with Gasteiger partial charge < -0.3 is 15.0 Å². The first-order valence-corrected chi connectivity index (χ1v) is 11.3. The molecule has 4 rings (SSSR count). The van der Waals surface area contributed by atoms with Crippen LogP contribution in [-0.4, -0.2) is 52.9 Å². The minimum Gasteiger partial charge on any atom is -0.378 e. The number of amides is 1. The molecule has 2 aliphatic rings. The topological polar surface area (TPSA) is 59.4 Å². The number of nitrogens with zero attached hydrogens (tertiary/aromatic N) is 3. The van der Waals surface area contributed by atoms with Crippen molar-refractivity contribution in [2.45, 2.75) is 52.2 Å². The van der Waals surface area contributed by atoms with E-state index in [1.165, 1.54) is 11.3 Å². The zero-order valence-electron chi connectivity index (χ0n) is 17.9. The second-order valence-corrected chi connectivity index (χ2v) is 9.14. The molecular formula is C23H31ClN4O2. The largest absolute Gasteiger partial charge is 0.378 e. The first-order chi connectivity index (χ1) is 14.5. The molecule has 1 aromatic carbocycles. The monoisotopic (exact) mass is 430 g/mol. The van der Waals surface area contributed by atoms with Crippen LogP contribution in [0.2, 0.25) is 5.02 Å². The number of ether oxygens (including phenoxy) is 1. The Bertz CT molecular complexity index is 889. The van der Waals surface area contributed by atoms with Gasteiger partial charge in [-0.3, -0.25) is 9.48 Å². The summed E-state index contributed by atoms with van der Waals surface area (Å²) < 4.78 is 7.50. The van der Waals surface area contributed by atoms with Crippen LogP contribution >= 0.6 is 11.6 Å². The van der Waals surface area contributed by atoms with Gasteiger partial charge in [0.2, 0.25) is 0 Å². The minimum atomic E-state index is 0.0487. The van der Waals surface area contributed by atoms with E-state index in [2.05, 4.69) is 29.9 Å². The van der Waals surface area contributed by atoms with Crippen LogP contribution < -0.4 is 5.32 Å². The van der Waals surface area contributed by atoms with Crippen molar-refractivity contribution >= 4 is 17.5 Å². The third-order valence-electron chi connectivity index (χ3n) is 5.87. The average molecular weight is 431 g/mol. The van der Waals surface area contributed by atoms with Gasteiger partial charge in [0.25, 0.3) is 5.91 Å². The maximum absolute atomic E-state index is 13.3. The second kappa shape index (κ2) is 9.50. The highest BCUT2D eigenvalue weighted by Crippen LogP contribution is 2.27. The molecule has 7 heteroatoms. The van der Waals surface area contributed by atoms with Gasteiger partial charge in [0, 0.05) is 48.5 Å². The van der Waals surface area contributed by atoms with Crippen molar-refractivity contribution < 1.29 is 9.53 Å². The van der Waals surface area contributed by atoms with E-state index >= 15 is 0 Å². The number of aromatic nitrogens is 2. The third kappa shape index (κ3) is 4.88. The average Bonchev–Trinajstić information content (AvgIpc) is 3.09. The van der Waals surface area contributed by atoms with E-state index in [4.69, 9.17) is 21.4 Å². The third-order valence-corrected chi connectivity index (χ3v) is 6.10. The molecule has 6 nitrogen and oxygen atoms in total. The van der Waals surface area contributed by atoms with E-state index < -0.39 is 0 Å². The first-order valence-electron chi connectivity index (χ1n) is 10.9. The quantitative estimate of drug-likeness (QED) is 0.763. The maximum Gasteiger partial charge on any atom is 0.274 e. The van der Waals surface area contributed by atoms with Crippen LogP contribution in [0.3, 0.4) is 0 Å². The summed E-state index contributed by atoms with van der Waals surface area (Å²) in [6.07, 6.45) is 2.82. The zero-order chi connectivity index (χ0) is 21.1. The van der Waals surface area contributed by atoms with Gasteiger partial charge in [-0.1, -0.05) is 37.6 Å². The number of carbonyl (C=O) groups excluding carboxylic acids is 1. The Hall–Kier alpha value is -1.89. The van der Waals surface area contributed by atoms with Gasteiger partial charge in [-0.05, 0) is 42.9 Å². The van der Waals surface area contributed by atoms with Crippen LogP contribution in [0.15, 0.2) is 24.3 Å². The predicted molar refractivity (Wildman–Crippen MR) is 118 cm³/mol. The number of benzene rings is 1. The van der Waals surface area contributed by atoms with Crippen molar-refractivity contribution in [3.05, 3.63) is 51.8 Å². The zero-order valence-corrected chi connectivity index (χ0v) is 18.6. The van der Waals surface area contributed by atoms with Gasteiger partial charge in [-0.15, -0.1) is 0 Å². The van der Waals surface area contributed by atoms with E-state index in [1.807, 2.05) is 23.1 Å². The molecule has 162 valence electrons. The highest BCUT2D eigenvalue weighted by Gasteiger charge is 2.31. The standard InChI is InChI=1S/C23H31ClN4O2/c1-16(2)15-28-21-7-6-19(25-14-17-4-3-5-18(24)12-17)13-20(21)22(26-28)23(29)27-8-10-30-11-9-27/h3-5,12,16,19,25H,6-11,13-15H2,1-2H3. The molecule has 0 bridgehead atoms. The fourth-order valence-electron chi connectivity index (χ4n) is 4.36. The number of hydrogen-bond acceptors (Lipinski definition) is 4. The second-order valence-electron chi connectivity index (χ2n) is 8.70. The van der Waals surface area contributed by atoms with Crippen molar-refractivity contribution in [3.63, 3.8) is 0 Å². The molecule has 1 N–H and O–H groups in total. The highest BCUT2D eigenvalue weighted by atomic mass is 35.5. The lowest BCUT2D eigenvalue weighted by Gasteiger charge is -2.28. The first kappa shape index (κ1) is 21.3. The van der Waals surface area contributed by atoms with Crippen molar-refractivity contribution in [1.29, 1.82) is 0 Å². The highest BCUT2D eigenvalue weighted by molar-refractivity contribution is 6.30. The molecule has 0 radical (unpaired) electrons. The summed E-state index contributed by atoms with van der Waals surface area (Å²) in [4.78, 5) is 15.1. The van der Waals surface area contributed by atoms with E-state index in [9.17, 15) is 4.79 Å². The SMILES string of the molecule is CC(C)Cn1nc(C(=O)N2CCOCC2)c2c1CCC(NCc1cccc(Cl)c1)C2. The van der Waals surface area contributed by atoms with E-state index in [0.717, 1.165) is 42.9 Å². The van der Waals surface area contributed by atoms with Crippen molar-refractivity contribution in [3.8, 4) is 0 Å². The summed E-state index contributed by atoms with van der Waals surface area (Å²) in [5.74, 6) is 0.534. The molecule has 2 aromatic rings. The smallest absolute Gasteiger partial charge is 0.274 e. The lowest BCUT2D eigenvalue weighted by Crippen LogP contribution is -2.41. The molecule has 0 spiro atoms. The molecule has 1 atom stereocenters. The van der Waals surface area contributed by atoms with Crippen LogP contribution in [-0.2, 0) is 30.7 Å². The Balaban J connectivity index is 1.53. The van der Waals surface area contributed by atoms with Gasteiger partial charge in [0.05, 0.1) is 13.2 Å². The Labute approximate surface area is 183 Å². The number of hydrogen-bond donors (Lipinski definition) is 1. The van der Waals surface area contributed by atoms with Crippen molar-refractivity contribution in [2.24, 2.45) is 5.92 Å². The molecule has 1 fully saturated rings. The molecule has 1 saturated heterocycles. The van der Waals surface area contributed by atoms with E-state index in [1.54, 1.807) is 0 Å². The summed E-state index contributed by atoms with van der Waals surface area (Å²) >= 11 is 6.12. The van der Waals surface area contributed by atoms with Crippen LogP contribution in [0, 0.1) is 5.92 Å². The van der Waals surface area contributed by atoms with Gasteiger partial charge in [-0.2, -0.15) is 5.10 Å². The molecular weight excluding hydrogens is 400 g/mol. The fourth-order valence-corrected chi connectivity index (χ4v) is 4.57. The molecule has 1 aliphatic carbocycles. The Morgan fingerprint density at radius 2 is 2.13 bits per heavy atom.